The SMILES string of the molecule is Cc1ccc(CN(C)C(=O)CC2(CS)CC2)cc1. The summed E-state index contributed by atoms with van der Waals surface area (Å²) in [5.41, 5.74) is 2.65. The Labute approximate surface area is 115 Å². The summed E-state index contributed by atoms with van der Waals surface area (Å²) in [5.74, 6) is 1.07. The Hall–Kier alpha value is -0.960. The first-order valence-corrected chi connectivity index (χ1v) is 7.08. The maximum absolute atomic E-state index is 12.1. The van der Waals surface area contributed by atoms with Crippen molar-refractivity contribution in [2.75, 3.05) is 12.8 Å². The van der Waals surface area contributed by atoms with Crippen LogP contribution in [0, 0.1) is 12.3 Å². The van der Waals surface area contributed by atoms with Crippen LogP contribution in [0.25, 0.3) is 0 Å². The van der Waals surface area contributed by atoms with E-state index in [-0.39, 0.29) is 11.3 Å². The normalized spacial score (nSPS) is 16.4. The molecule has 98 valence electrons. The monoisotopic (exact) mass is 263 g/mol. The first-order valence-electron chi connectivity index (χ1n) is 6.45. The lowest BCUT2D eigenvalue weighted by atomic mass is 10.0. The first-order chi connectivity index (χ1) is 8.54. The molecule has 0 spiro atoms. The van der Waals surface area contributed by atoms with Gasteiger partial charge in [-0.1, -0.05) is 29.8 Å². The van der Waals surface area contributed by atoms with Crippen molar-refractivity contribution in [3.63, 3.8) is 0 Å². The Morgan fingerprint density at radius 3 is 2.44 bits per heavy atom. The molecule has 0 saturated heterocycles. The van der Waals surface area contributed by atoms with Crippen LogP contribution in [0.4, 0.5) is 0 Å². The molecule has 0 atom stereocenters. The number of benzene rings is 1. The molecule has 0 aliphatic heterocycles. The van der Waals surface area contributed by atoms with Crippen LogP contribution in [0.1, 0.15) is 30.4 Å². The molecule has 1 aliphatic rings. The van der Waals surface area contributed by atoms with Crippen molar-refractivity contribution in [2.24, 2.45) is 5.41 Å². The zero-order valence-electron chi connectivity index (χ0n) is 11.1. The Kier molecular flexibility index (Phi) is 4.00. The minimum atomic E-state index is 0.210. The maximum atomic E-state index is 12.1. The van der Waals surface area contributed by atoms with Gasteiger partial charge in [-0.05, 0) is 36.5 Å². The molecule has 0 heterocycles. The van der Waals surface area contributed by atoms with E-state index < -0.39 is 0 Å². The van der Waals surface area contributed by atoms with Crippen molar-refractivity contribution >= 4 is 18.5 Å². The maximum Gasteiger partial charge on any atom is 0.223 e. The van der Waals surface area contributed by atoms with Gasteiger partial charge in [-0.25, -0.2) is 0 Å². The van der Waals surface area contributed by atoms with Gasteiger partial charge in [-0.15, -0.1) is 0 Å². The molecule has 0 radical (unpaired) electrons. The van der Waals surface area contributed by atoms with E-state index in [0.717, 1.165) is 18.6 Å². The van der Waals surface area contributed by atoms with E-state index in [1.807, 2.05) is 11.9 Å². The molecule has 1 saturated carbocycles. The van der Waals surface area contributed by atoms with E-state index in [2.05, 4.69) is 43.8 Å². The Morgan fingerprint density at radius 2 is 1.94 bits per heavy atom. The number of amides is 1. The van der Waals surface area contributed by atoms with Crippen molar-refractivity contribution in [1.82, 2.24) is 4.90 Å². The number of rotatable bonds is 5. The van der Waals surface area contributed by atoms with Crippen molar-refractivity contribution in [2.45, 2.75) is 32.7 Å². The first kappa shape index (κ1) is 13.5. The lowest BCUT2D eigenvalue weighted by Crippen LogP contribution is -2.28. The van der Waals surface area contributed by atoms with Crippen molar-refractivity contribution in [1.29, 1.82) is 0 Å². The fourth-order valence-corrected chi connectivity index (χ4v) is 2.51. The number of hydrogen-bond donors (Lipinski definition) is 1. The highest BCUT2D eigenvalue weighted by molar-refractivity contribution is 7.80. The molecular formula is C15H21NOS. The Balaban J connectivity index is 1.89. The fraction of sp³-hybridized carbons (Fsp3) is 0.533. The van der Waals surface area contributed by atoms with Crippen LogP contribution in [0.5, 0.6) is 0 Å². The molecule has 0 aromatic heterocycles. The van der Waals surface area contributed by atoms with Gasteiger partial charge in [0.1, 0.15) is 0 Å². The van der Waals surface area contributed by atoms with Gasteiger partial charge in [0.2, 0.25) is 5.91 Å². The van der Waals surface area contributed by atoms with Gasteiger partial charge in [0.15, 0.2) is 0 Å². The van der Waals surface area contributed by atoms with Crippen LogP contribution in [-0.4, -0.2) is 23.6 Å². The van der Waals surface area contributed by atoms with Gasteiger partial charge in [0, 0.05) is 20.0 Å². The molecular weight excluding hydrogens is 242 g/mol. The van der Waals surface area contributed by atoms with Gasteiger partial charge in [-0.3, -0.25) is 4.79 Å². The van der Waals surface area contributed by atoms with Crippen LogP contribution in [0.15, 0.2) is 24.3 Å². The molecule has 0 N–H and O–H groups in total. The second-order valence-corrected chi connectivity index (χ2v) is 5.89. The summed E-state index contributed by atoms with van der Waals surface area (Å²) in [6.07, 6.45) is 2.96. The second-order valence-electron chi connectivity index (χ2n) is 5.57. The predicted molar refractivity (Wildman–Crippen MR) is 77.8 cm³/mol. The minimum Gasteiger partial charge on any atom is -0.341 e. The number of carbonyl (C=O) groups is 1. The standard InChI is InChI=1S/C15H21NOS/c1-12-3-5-13(6-4-12)10-16(2)14(17)9-15(11-18)7-8-15/h3-6,18H,7-11H2,1-2H3. The largest absolute Gasteiger partial charge is 0.341 e. The summed E-state index contributed by atoms with van der Waals surface area (Å²) in [7, 11) is 1.89. The zero-order valence-corrected chi connectivity index (χ0v) is 12.0. The molecule has 1 aromatic carbocycles. The van der Waals surface area contributed by atoms with E-state index in [9.17, 15) is 4.79 Å². The summed E-state index contributed by atoms with van der Waals surface area (Å²) in [6, 6.07) is 8.35. The van der Waals surface area contributed by atoms with Crippen LogP contribution in [0.2, 0.25) is 0 Å². The predicted octanol–water partition coefficient (Wildman–Crippen LogP) is 3.05. The summed E-state index contributed by atoms with van der Waals surface area (Å²) in [6.45, 7) is 2.77. The van der Waals surface area contributed by atoms with Crippen molar-refractivity contribution in [3.05, 3.63) is 35.4 Å². The summed E-state index contributed by atoms with van der Waals surface area (Å²) in [5, 5.41) is 0. The van der Waals surface area contributed by atoms with Crippen molar-refractivity contribution < 1.29 is 4.79 Å². The number of aryl methyl sites for hydroxylation is 1. The number of thiol groups is 1. The smallest absolute Gasteiger partial charge is 0.223 e. The number of carbonyl (C=O) groups excluding carboxylic acids is 1. The van der Waals surface area contributed by atoms with E-state index in [1.54, 1.807) is 0 Å². The Bertz CT molecular complexity index is 423. The molecule has 1 fully saturated rings. The van der Waals surface area contributed by atoms with Gasteiger partial charge in [0.05, 0.1) is 0 Å². The van der Waals surface area contributed by atoms with Crippen LogP contribution in [0.3, 0.4) is 0 Å². The number of hydrogen-bond acceptors (Lipinski definition) is 2. The summed E-state index contributed by atoms with van der Waals surface area (Å²) >= 11 is 4.35. The molecule has 2 nitrogen and oxygen atoms in total. The Morgan fingerprint density at radius 1 is 1.33 bits per heavy atom. The van der Waals surface area contributed by atoms with E-state index in [1.165, 1.54) is 11.1 Å². The third kappa shape index (κ3) is 3.29. The molecule has 1 aromatic rings. The van der Waals surface area contributed by atoms with Crippen LogP contribution in [-0.2, 0) is 11.3 Å². The topological polar surface area (TPSA) is 20.3 Å². The molecule has 1 amide bonds. The quantitative estimate of drug-likeness (QED) is 0.810. The van der Waals surface area contributed by atoms with Crippen LogP contribution < -0.4 is 0 Å². The summed E-state index contributed by atoms with van der Waals surface area (Å²) in [4.78, 5) is 13.9. The highest BCUT2D eigenvalue weighted by atomic mass is 32.1. The van der Waals surface area contributed by atoms with Gasteiger partial charge in [-0.2, -0.15) is 12.6 Å². The summed E-state index contributed by atoms with van der Waals surface area (Å²) < 4.78 is 0. The van der Waals surface area contributed by atoms with E-state index in [0.29, 0.717) is 13.0 Å². The molecule has 0 unspecified atom stereocenters. The van der Waals surface area contributed by atoms with Gasteiger partial charge in [0.25, 0.3) is 0 Å². The molecule has 2 rings (SSSR count). The average molecular weight is 263 g/mol. The van der Waals surface area contributed by atoms with Gasteiger partial charge >= 0.3 is 0 Å². The van der Waals surface area contributed by atoms with E-state index in [4.69, 9.17) is 0 Å². The fourth-order valence-electron chi connectivity index (χ4n) is 2.08. The molecule has 18 heavy (non-hydrogen) atoms. The highest BCUT2D eigenvalue weighted by Gasteiger charge is 2.43. The zero-order chi connectivity index (χ0) is 13.2. The number of nitrogens with zero attached hydrogens (tertiary/aromatic N) is 1. The average Bonchev–Trinajstić information content (AvgIpc) is 3.12. The van der Waals surface area contributed by atoms with Gasteiger partial charge < -0.3 is 4.90 Å². The molecule has 1 aliphatic carbocycles. The van der Waals surface area contributed by atoms with E-state index >= 15 is 0 Å². The minimum absolute atomic E-state index is 0.210. The lowest BCUT2D eigenvalue weighted by Gasteiger charge is -2.20. The van der Waals surface area contributed by atoms with Crippen molar-refractivity contribution in [3.8, 4) is 0 Å². The lowest BCUT2D eigenvalue weighted by molar-refractivity contribution is -0.131. The molecule has 0 bridgehead atoms. The second kappa shape index (κ2) is 5.35. The third-order valence-corrected chi connectivity index (χ3v) is 4.46. The molecule has 3 heteroatoms. The third-order valence-electron chi connectivity index (χ3n) is 3.78. The highest BCUT2D eigenvalue weighted by Crippen LogP contribution is 2.49. The van der Waals surface area contributed by atoms with Crippen LogP contribution >= 0.6 is 12.6 Å².